The summed E-state index contributed by atoms with van der Waals surface area (Å²) in [5, 5.41) is 8.97. The molecule has 0 heterocycles. The van der Waals surface area contributed by atoms with Crippen molar-refractivity contribution in [1.29, 1.82) is 5.26 Å². The lowest BCUT2D eigenvalue weighted by molar-refractivity contribution is 0.405. The Hall–Kier alpha value is -1.99. The van der Waals surface area contributed by atoms with Crippen LogP contribution in [0.5, 0.6) is 5.75 Å². The van der Waals surface area contributed by atoms with Crippen LogP contribution in [0.15, 0.2) is 52.3 Å². The van der Waals surface area contributed by atoms with Gasteiger partial charge in [-0.05, 0) is 24.3 Å². The number of para-hydroxylation sites is 1. The smallest absolute Gasteiger partial charge is 0.142 e. The fourth-order valence-corrected chi connectivity index (χ4v) is 2.55. The lowest BCUT2D eigenvalue weighted by atomic mass is 10.2. The molecule has 0 bridgehead atoms. The van der Waals surface area contributed by atoms with Crippen molar-refractivity contribution in [3.63, 3.8) is 0 Å². The van der Waals surface area contributed by atoms with E-state index in [9.17, 15) is 4.39 Å². The predicted octanol–water partition coefficient (Wildman–Crippen LogP) is 3.86. The third kappa shape index (κ3) is 2.47. The number of benzene rings is 2. The standard InChI is InChI=1S/C14H10FNOS/c1-17-12-6-2-3-7-14(12)18-13-8-4-5-11(15)10(13)9-16/h2-8H,1H3. The SMILES string of the molecule is COc1ccccc1Sc1cccc(F)c1C#N. The zero-order valence-corrected chi connectivity index (χ0v) is 10.5. The predicted molar refractivity (Wildman–Crippen MR) is 68.2 cm³/mol. The molecule has 0 fully saturated rings. The van der Waals surface area contributed by atoms with E-state index in [1.807, 2.05) is 30.3 Å². The highest BCUT2D eigenvalue weighted by Crippen LogP contribution is 2.36. The summed E-state index contributed by atoms with van der Waals surface area (Å²) in [5.41, 5.74) is 0.0633. The third-order valence-electron chi connectivity index (χ3n) is 2.38. The highest BCUT2D eigenvalue weighted by atomic mass is 32.2. The normalized spacial score (nSPS) is 9.83. The van der Waals surface area contributed by atoms with Gasteiger partial charge in [-0.15, -0.1) is 0 Å². The second kappa shape index (κ2) is 5.56. The number of halogens is 1. The van der Waals surface area contributed by atoms with Crippen LogP contribution in [0.4, 0.5) is 4.39 Å². The first kappa shape index (κ1) is 12.5. The van der Waals surface area contributed by atoms with Gasteiger partial charge in [0.15, 0.2) is 0 Å². The van der Waals surface area contributed by atoms with E-state index in [0.717, 1.165) is 4.90 Å². The Balaban J connectivity index is 2.41. The highest BCUT2D eigenvalue weighted by Gasteiger charge is 2.11. The maximum absolute atomic E-state index is 13.5. The summed E-state index contributed by atoms with van der Waals surface area (Å²) in [7, 11) is 1.58. The summed E-state index contributed by atoms with van der Waals surface area (Å²) in [6, 6.07) is 13.9. The number of hydrogen-bond donors (Lipinski definition) is 0. The van der Waals surface area contributed by atoms with Gasteiger partial charge in [0.25, 0.3) is 0 Å². The average Bonchev–Trinajstić information content (AvgIpc) is 2.40. The number of hydrogen-bond acceptors (Lipinski definition) is 3. The first-order valence-corrected chi connectivity index (χ1v) is 6.07. The molecule has 0 saturated carbocycles. The van der Waals surface area contributed by atoms with Gasteiger partial charge in [0.05, 0.1) is 12.0 Å². The van der Waals surface area contributed by atoms with Crippen LogP contribution in [0.2, 0.25) is 0 Å². The van der Waals surface area contributed by atoms with E-state index >= 15 is 0 Å². The van der Waals surface area contributed by atoms with E-state index in [1.165, 1.54) is 17.8 Å². The molecule has 0 radical (unpaired) electrons. The second-order valence-corrected chi connectivity index (χ2v) is 4.56. The average molecular weight is 259 g/mol. The number of methoxy groups -OCH3 is 1. The van der Waals surface area contributed by atoms with Gasteiger partial charge in [0, 0.05) is 4.90 Å². The van der Waals surface area contributed by atoms with Crippen LogP contribution in [0, 0.1) is 17.1 Å². The van der Waals surface area contributed by atoms with Crippen molar-refractivity contribution in [3.05, 3.63) is 53.8 Å². The van der Waals surface area contributed by atoms with Gasteiger partial charge in [0.1, 0.15) is 23.2 Å². The van der Waals surface area contributed by atoms with Gasteiger partial charge in [-0.2, -0.15) is 5.26 Å². The molecule has 0 aliphatic rings. The van der Waals surface area contributed by atoms with Gasteiger partial charge in [-0.25, -0.2) is 4.39 Å². The molecule has 0 aromatic heterocycles. The zero-order valence-electron chi connectivity index (χ0n) is 9.68. The van der Waals surface area contributed by atoms with Crippen LogP contribution in [0.3, 0.4) is 0 Å². The van der Waals surface area contributed by atoms with Crippen LogP contribution < -0.4 is 4.74 Å². The molecule has 0 spiro atoms. The molecule has 0 N–H and O–H groups in total. The molecular weight excluding hydrogens is 249 g/mol. The lowest BCUT2D eigenvalue weighted by Gasteiger charge is -2.08. The Labute approximate surface area is 109 Å². The minimum atomic E-state index is -0.502. The molecule has 2 nitrogen and oxygen atoms in total. The molecule has 0 saturated heterocycles. The largest absolute Gasteiger partial charge is 0.496 e. The van der Waals surface area contributed by atoms with E-state index < -0.39 is 5.82 Å². The van der Waals surface area contributed by atoms with Crippen molar-refractivity contribution in [1.82, 2.24) is 0 Å². The molecule has 0 amide bonds. The Bertz CT molecular complexity index is 607. The monoisotopic (exact) mass is 259 g/mol. The number of nitrogens with zero attached hydrogens (tertiary/aromatic N) is 1. The van der Waals surface area contributed by atoms with Crippen molar-refractivity contribution in [3.8, 4) is 11.8 Å². The van der Waals surface area contributed by atoms with Crippen LogP contribution in [-0.4, -0.2) is 7.11 Å². The molecule has 90 valence electrons. The summed E-state index contributed by atoms with van der Waals surface area (Å²) >= 11 is 1.32. The first-order valence-electron chi connectivity index (χ1n) is 5.25. The minimum Gasteiger partial charge on any atom is -0.496 e. The number of ether oxygens (including phenoxy) is 1. The summed E-state index contributed by atoms with van der Waals surface area (Å²) in [4.78, 5) is 1.43. The van der Waals surface area contributed by atoms with E-state index in [-0.39, 0.29) is 5.56 Å². The van der Waals surface area contributed by atoms with E-state index in [1.54, 1.807) is 19.2 Å². The molecule has 18 heavy (non-hydrogen) atoms. The molecule has 2 aromatic rings. The van der Waals surface area contributed by atoms with E-state index in [4.69, 9.17) is 10.00 Å². The highest BCUT2D eigenvalue weighted by molar-refractivity contribution is 7.99. The molecule has 4 heteroatoms. The minimum absolute atomic E-state index is 0.0633. The van der Waals surface area contributed by atoms with Crippen molar-refractivity contribution in [2.45, 2.75) is 9.79 Å². The van der Waals surface area contributed by atoms with Gasteiger partial charge < -0.3 is 4.74 Å². The maximum Gasteiger partial charge on any atom is 0.142 e. The lowest BCUT2D eigenvalue weighted by Crippen LogP contribution is -1.89. The van der Waals surface area contributed by atoms with Crippen molar-refractivity contribution in [2.75, 3.05) is 7.11 Å². The Morgan fingerprint density at radius 3 is 2.56 bits per heavy atom. The topological polar surface area (TPSA) is 33.0 Å². The second-order valence-electron chi connectivity index (χ2n) is 3.48. The van der Waals surface area contributed by atoms with Crippen molar-refractivity contribution < 1.29 is 9.13 Å². The Morgan fingerprint density at radius 1 is 1.11 bits per heavy atom. The van der Waals surface area contributed by atoms with Crippen molar-refractivity contribution >= 4 is 11.8 Å². The molecule has 2 rings (SSSR count). The first-order chi connectivity index (χ1) is 8.76. The number of nitriles is 1. The summed E-state index contributed by atoms with van der Waals surface area (Å²) in [5.74, 6) is 0.202. The third-order valence-corrected chi connectivity index (χ3v) is 3.49. The summed E-state index contributed by atoms with van der Waals surface area (Å²) in [6.45, 7) is 0. The van der Waals surface area contributed by atoms with Crippen LogP contribution in [0.25, 0.3) is 0 Å². The Kier molecular flexibility index (Phi) is 3.85. The molecular formula is C14H10FNOS. The number of rotatable bonds is 3. The summed E-state index contributed by atoms with van der Waals surface area (Å²) < 4.78 is 18.7. The van der Waals surface area contributed by atoms with Gasteiger partial charge in [0.2, 0.25) is 0 Å². The van der Waals surface area contributed by atoms with Crippen LogP contribution >= 0.6 is 11.8 Å². The molecule has 0 aliphatic heterocycles. The van der Waals surface area contributed by atoms with E-state index in [2.05, 4.69) is 0 Å². The van der Waals surface area contributed by atoms with Crippen molar-refractivity contribution in [2.24, 2.45) is 0 Å². The zero-order chi connectivity index (χ0) is 13.0. The fourth-order valence-electron chi connectivity index (χ4n) is 1.52. The van der Waals surface area contributed by atoms with Crippen LogP contribution in [-0.2, 0) is 0 Å². The van der Waals surface area contributed by atoms with Crippen LogP contribution in [0.1, 0.15) is 5.56 Å². The molecule has 0 unspecified atom stereocenters. The maximum atomic E-state index is 13.5. The molecule has 2 aromatic carbocycles. The summed E-state index contributed by atoms with van der Waals surface area (Å²) in [6.07, 6.45) is 0. The fraction of sp³-hybridized carbons (Fsp3) is 0.0714. The van der Waals surface area contributed by atoms with Gasteiger partial charge >= 0.3 is 0 Å². The van der Waals surface area contributed by atoms with Gasteiger partial charge in [-0.1, -0.05) is 30.0 Å². The molecule has 0 aliphatic carbocycles. The van der Waals surface area contributed by atoms with Gasteiger partial charge in [-0.3, -0.25) is 0 Å². The Morgan fingerprint density at radius 2 is 1.83 bits per heavy atom. The van der Waals surface area contributed by atoms with E-state index in [0.29, 0.717) is 10.6 Å². The molecule has 0 atom stereocenters. The quantitative estimate of drug-likeness (QED) is 0.839.